The number of nitrogens with one attached hydrogen (secondary N) is 1. The number of nitrogens with zero attached hydrogens (tertiary/aromatic N) is 3. The lowest BCUT2D eigenvalue weighted by molar-refractivity contribution is 0.186. The summed E-state index contributed by atoms with van der Waals surface area (Å²) in [6.45, 7) is 7.39. The molecule has 0 bridgehead atoms. The average molecular weight is 344 g/mol. The fraction of sp³-hybridized carbons (Fsp3) is 0.444. The number of carbonyl (C=O) groups excluding carboxylic acids is 1. The average Bonchev–Trinajstić information content (AvgIpc) is 3.15. The highest BCUT2D eigenvalue weighted by atomic mass is 32.1. The van der Waals surface area contributed by atoms with Crippen molar-refractivity contribution in [2.75, 3.05) is 31.1 Å². The standard InChI is InChI=1S/C18H24N4OS/c1-14(2)16(15-6-4-3-5-7-15)20-17(23)21-9-11-22(12-10-21)18-19-8-13-24-18/h3-8,13-14,16H,9-12H2,1-2H3,(H,20,23). The third-order valence-electron chi connectivity index (χ3n) is 4.36. The quantitative estimate of drug-likeness (QED) is 0.925. The van der Waals surface area contributed by atoms with Crippen LogP contribution in [0.25, 0.3) is 0 Å². The SMILES string of the molecule is CC(C)C(NC(=O)N1CCN(c2nccs2)CC1)c1ccccc1. The summed E-state index contributed by atoms with van der Waals surface area (Å²) in [7, 11) is 0. The van der Waals surface area contributed by atoms with Gasteiger partial charge in [-0.25, -0.2) is 9.78 Å². The van der Waals surface area contributed by atoms with Gasteiger partial charge >= 0.3 is 6.03 Å². The van der Waals surface area contributed by atoms with E-state index in [1.165, 1.54) is 0 Å². The Kier molecular flexibility index (Phi) is 5.35. The van der Waals surface area contributed by atoms with Gasteiger partial charge in [0.25, 0.3) is 0 Å². The predicted octanol–water partition coefficient (Wildman–Crippen LogP) is 3.37. The Hall–Kier alpha value is -2.08. The van der Waals surface area contributed by atoms with Gasteiger partial charge in [0, 0.05) is 37.8 Å². The van der Waals surface area contributed by atoms with Crippen LogP contribution in [0.2, 0.25) is 0 Å². The molecule has 1 aromatic carbocycles. The largest absolute Gasteiger partial charge is 0.345 e. The zero-order valence-electron chi connectivity index (χ0n) is 14.2. The van der Waals surface area contributed by atoms with E-state index in [1.54, 1.807) is 11.3 Å². The summed E-state index contributed by atoms with van der Waals surface area (Å²) >= 11 is 1.65. The zero-order valence-corrected chi connectivity index (χ0v) is 15.0. The Bertz CT molecular complexity index is 636. The molecule has 6 heteroatoms. The molecular weight excluding hydrogens is 320 g/mol. The van der Waals surface area contributed by atoms with E-state index in [4.69, 9.17) is 0 Å². The Morgan fingerprint density at radius 2 is 1.88 bits per heavy atom. The second-order valence-electron chi connectivity index (χ2n) is 6.37. The molecule has 1 N–H and O–H groups in total. The summed E-state index contributed by atoms with van der Waals surface area (Å²) < 4.78 is 0. The molecule has 24 heavy (non-hydrogen) atoms. The zero-order chi connectivity index (χ0) is 16.9. The van der Waals surface area contributed by atoms with E-state index in [0.717, 1.165) is 36.9 Å². The molecule has 0 spiro atoms. The number of hydrogen-bond acceptors (Lipinski definition) is 4. The molecule has 0 aliphatic carbocycles. The van der Waals surface area contributed by atoms with Gasteiger partial charge in [0.2, 0.25) is 0 Å². The molecule has 1 aliphatic heterocycles. The number of anilines is 1. The van der Waals surface area contributed by atoms with Crippen LogP contribution in [0.5, 0.6) is 0 Å². The number of rotatable bonds is 4. The Labute approximate surface area is 147 Å². The molecule has 5 nitrogen and oxygen atoms in total. The number of piperazine rings is 1. The predicted molar refractivity (Wildman–Crippen MR) is 98.5 cm³/mol. The van der Waals surface area contributed by atoms with Crippen molar-refractivity contribution in [2.45, 2.75) is 19.9 Å². The second kappa shape index (κ2) is 7.66. The number of aromatic nitrogens is 1. The monoisotopic (exact) mass is 344 g/mol. The summed E-state index contributed by atoms with van der Waals surface area (Å²) in [5, 5.41) is 6.24. The van der Waals surface area contributed by atoms with Gasteiger partial charge in [0.1, 0.15) is 0 Å². The molecule has 2 aromatic rings. The molecule has 1 saturated heterocycles. The topological polar surface area (TPSA) is 48.5 Å². The molecule has 2 amide bonds. The summed E-state index contributed by atoms with van der Waals surface area (Å²) in [4.78, 5) is 21.2. The molecule has 1 aromatic heterocycles. The molecule has 0 radical (unpaired) electrons. The van der Waals surface area contributed by atoms with Gasteiger partial charge in [0.15, 0.2) is 5.13 Å². The molecule has 1 atom stereocenters. The summed E-state index contributed by atoms with van der Waals surface area (Å²) in [5.74, 6) is 0.341. The van der Waals surface area contributed by atoms with Crippen LogP contribution in [-0.2, 0) is 0 Å². The van der Waals surface area contributed by atoms with Crippen LogP contribution < -0.4 is 10.2 Å². The van der Waals surface area contributed by atoms with Gasteiger partial charge in [-0.1, -0.05) is 44.2 Å². The van der Waals surface area contributed by atoms with Crippen LogP contribution in [0.15, 0.2) is 41.9 Å². The lowest BCUT2D eigenvalue weighted by Gasteiger charge is -2.36. The molecular formula is C18H24N4OS. The van der Waals surface area contributed by atoms with Crippen molar-refractivity contribution in [3.05, 3.63) is 47.5 Å². The summed E-state index contributed by atoms with van der Waals surface area (Å²) in [6, 6.07) is 10.2. The van der Waals surface area contributed by atoms with Crippen LogP contribution >= 0.6 is 11.3 Å². The van der Waals surface area contributed by atoms with Gasteiger partial charge in [0.05, 0.1) is 6.04 Å². The van der Waals surface area contributed by atoms with Crippen molar-refractivity contribution in [1.29, 1.82) is 0 Å². The van der Waals surface area contributed by atoms with Gasteiger partial charge in [-0.3, -0.25) is 0 Å². The first kappa shape index (κ1) is 16.8. The number of benzene rings is 1. The smallest absolute Gasteiger partial charge is 0.318 e. The Morgan fingerprint density at radius 3 is 2.46 bits per heavy atom. The third kappa shape index (κ3) is 3.87. The van der Waals surface area contributed by atoms with Crippen molar-refractivity contribution < 1.29 is 4.79 Å². The van der Waals surface area contributed by atoms with E-state index >= 15 is 0 Å². The maximum atomic E-state index is 12.7. The van der Waals surface area contributed by atoms with Crippen LogP contribution in [-0.4, -0.2) is 42.1 Å². The van der Waals surface area contributed by atoms with Gasteiger partial charge in [-0.05, 0) is 11.5 Å². The maximum absolute atomic E-state index is 12.7. The fourth-order valence-electron chi connectivity index (χ4n) is 2.99. The minimum absolute atomic E-state index is 0.0244. The lowest BCUT2D eigenvalue weighted by Crippen LogP contribution is -2.52. The summed E-state index contributed by atoms with van der Waals surface area (Å²) in [6.07, 6.45) is 1.83. The van der Waals surface area contributed by atoms with Crippen LogP contribution in [0.1, 0.15) is 25.5 Å². The van der Waals surface area contributed by atoms with Crippen molar-refractivity contribution in [3.63, 3.8) is 0 Å². The highest BCUT2D eigenvalue weighted by molar-refractivity contribution is 7.13. The first-order valence-electron chi connectivity index (χ1n) is 8.40. The molecule has 128 valence electrons. The van der Waals surface area contributed by atoms with Crippen molar-refractivity contribution >= 4 is 22.5 Å². The highest BCUT2D eigenvalue weighted by Crippen LogP contribution is 2.22. The van der Waals surface area contributed by atoms with Crippen molar-refractivity contribution in [1.82, 2.24) is 15.2 Å². The molecule has 1 unspecified atom stereocenters. The van der Waals surface area contributed by atoms with Crippen molar-refractivity contribution in [2.24, 2.45) is 5.92 Å². The number of thiazole rings is 1. The first-order valence-corrected chi connectivity index (χ1v) is 9.28. The number of urea groups is 1. The minimum Gasteiger partial charge on any atom is -0.345 e. The maximum Gasteiger partial charge on any atom is 0.318 e. The molecule has 1 fully saturated rings. The Morgan fingerprint density at radius 1 is 1.17 bits per heavy atom. The van der Waals surface area contributed by atoms with Gasteiger partial charge in [-0.2, -0.15) is 0 Å². The molecule has 1 aliphatic rings. The second-order valence-corrected chi connectivity index (χ2v) is 7.24. The molecule has 2 heterocycles. The third-order valence-corrected chi connectivity index (χ3v) is 5.19. The van der Waals surface area contributed by atoms with Crippen molar-refractivity contribution in [3.8, 4) is 0 Å². The van der Waals surface area contributed by atoms with Crippen LogP contribution in [0.3, 0.4) is 0 Å². The lowest BCUT2D eigenvalue weighted by atomic mass is 9.96. The van der Waals surface area contributed by atoms with E-state index < -0.39 is 0 Å². The van der Waals surface area contributed by atoms with Crippen LogP contribution in [0.4, 0.5) is 9.93 Å². The fourth-order valence-corrected chi connectivity index (χ4v) is 3.69. The van der Waals surface area contributed by atoms with Crippen LogP contribution in [0, 0.1) is 5.92 Å². The van der Waals surface area contributed by atoms with Gasteiger partial charge in [-0.15, -0.1) is 11.3 Å². The molecule has 3 rings (SSSR count). The Balaban J connectivity index is 1.58. The van der Waals surface area contributed by atoms with E-state index in [0.29, 0.717) is 5.92 Å². The normalized spacial score (nSPS) is 16.3. The number of amides is 2. The van der Waals surface area contributed by atoms with Gasteiger partial charge < -0.3 is 15.1 Å². The van der Waals surface area contributed by atoms with E-state index in [2.05, 4.69) is 41.2 Å². The summed E-state index contributed by atoms with van der Waals surface area (Å²) in [5.41, 5.74) is 1.15. The number of carbonyl (C=O) groups is 1. The molecule has 0 saturated carbocycles. The highest BCUT2D eigenvalue weighted by Gasteiger charge is 2.25. The van der Waals surface area contributed by atoms with E-state index in [9.17, 15) is 4.79 Å². The number of hydrogen-bond donors (Lipinski definition) is 1. The first-order chi connectivity index (χ1) is 11.6. The van der Waals surface area contributed by atoms with E-state index in [1.807, 2.05) is 34.7 Å². The van der Waals surface area contributed by atoms with E-state index in [-0.39, 0.29) is 12.1 Å². The minimum atomic E-state index is 0.0244.